The van der Waals surface area contributed by atoms with Gasteiger partial charge >= 0.3 is 0 Å². The molecular formula is C14H10Cl2F2. The van der Waals surface area contributed by atoms with Crippen molar-refractivity contribution in [1.29, 1.82) is 0 Å². The fourth-order valence-electron chi connectivity index (χ4n) is 1.70. The second kappa shape index (κ2) is 5.68. The molecule has 0 bridgehead atoms. The van der Waals surface area contributed by atoms with Gasteiger partial charge in [-0.2, -0.15) is 0 Å². The van der Waals surface area contributed by atoms with Gasteiger partial charge in [-0.1, -0.05) is 23.7 Å². The van der Waals surface area contributed by atoms with E-state index in [2.05, 4.69) is 0 Å². The third-order valence-electron chi connectivity index (χ3n) is 2.57. The van der Waals surface area contributed by atoms with Crippen molar-refractivity contribution in [3.05, 3.63) is 70.2 Å². The van der Waals surface area contributed by atoms with E-state index >= 15 is 0 Å². The van der Waals surface area contributed by atoms with Crippen molar-refractivity contribution < 1.29 is 8.78 Å². The summed E-state index contributed by atoms with van der Waals surface area (Å²) in [5.41, 5.74) is 1.40. The maximum atomic E-state index is 13.1. The van der Waals surface area contributed by atoms with Crippen molar-refractivity contribution in [2.24, 2.45) is 0 Å². The smallest absolute Gasteiger partial charge is 0.126 e. The molecule has 94 valence electrons. The molecule has 0 aromatic heterocycles. The third-order valence-corrected chi connectivity index (χ3v) is 3.23. The van der Waals surface area contributed by atoms with E-state index in [0.717, 1.165) is 11.6 Å². The van der Waals surface area contributed by atoms with Crippen molar-refractivity contribution in [1.82, 2.24) is 0 Å². The van der Waals surface area contributed by atoms with Gasteiger partial charge in [-0.3, -0.25) is 0 Å². The van der Waals surface area contributed by atoms with Crippen LogP contribution in [0.4, 0.5) is 8.78 Å². The second-order valence-corrected chi connectivity index (χ2v) is 4.96. The van der Waals surface area contributed by atoms with Crippen LogP contribution in [0.3, 0.4) is 0 Å². The molecule has 0 nitrogen and oxygen atoms in total. The van der Waals surface area contributed by atoms with Gasteiger partial charge in [0.05, 0.1) is 5.38 Å². The van der Waals surface area contributed by atoms with Gasteiger partial charge in [-0.25, -0.2) is 8.78 Å². The summed E-state index contributed by atoms with van der Waals surface area (Å²) >= 11 is 11.9. The molecule has 2 aromatic rings. The van der Waals surface area contributed by atoms with Crippen LogP contribution in [-0.2, 0) is 6.42 Å². The van der Waals surface area contributed by atoms with E-state index in [1.807, 2.05) is 12.1 Å². The van der Waals surface area contributed by atoms with Crippen LogP contribution < -0.4 is 0 Å². The molecule has 0 fully saturated rings. The minimum Gasteiger partial charge on any atom is -0.207 e. The minimum atomic E-state index is -0.619. The molecule has 0 aliphatic carbocycles. The molecule has 0 aliphatic heterocycles. The number of hydrogen-bond donors (Lipinski definition) is 0. The van der Waals surface area contributed by atoms with Gasteiger partial charge in [0.25, 0.3) is 0 Å². The van der Waals surface area contributed by atoms with E-state index < -0.39 is 17.0 Å². The van der Waals surface area contributed by atoms with Crippen LogP contribution in [0.2, 0.25) is 5.02 Å². The lowest BCUT2D eigenvalue weighted by Crippen LogP contribution is -1.97. The first kappa shape index (κ1) is 13.3. The Balaban J connectivity index is 2.16. The van der Waals surface area contributed by atoms with Gasteiger partial charge in [0.2, 0.25) is 0 Å². The van der Waals surface area contributed by atoms with Crippen LogP contribution in [0.25, 0.3) is 0 Å². The monoisotopic (exact) mass is 286 g/mol. The Morgan fingerprint density at radius 2 is 1.50 bits per heavy atom. The summed E-state index contributed by atoms with van der Waals surface area (Å²) in [6, 6.07) is 10.5. The molecule has 18 heavy (non-hydrogen) atoms. The van der Waals surface area contributed by atoms with Crippen LogP contribution in [0, 0.1) is 11.6 Å². The number of benzene rings is 2. The van der Waals surface area contributed by atoms with Gasteiger partial charge in [-0.05, 0) is 41.8 Å². The first-order chi connectivity index (χ1) is 8.54. The molecule has 1 atom stereocenters. The van der Waals surface area contributed by atoms with Gasteiger partial charge in [0.1, 0.15) is 11.6 Å². The Morgan fingerprint density at radius 3 is 2.06 bits per heavy atom. The Kier molecular flexibility index (Phi) is 4.20. The predicted octanol–water partition coefficient (Wildman–Crippen LogP) is 5.14. The number of hydrogen-bond acceptors (Lipinski definition) is 0. The molecule has 4 heteroatoms. The molecule has 0 radical (unpaired) electrons. The van der Waals surface area contributed by atoms with Crippen LogP contribution in [-0.4, -0.2) is 0 Å². The number of alkyl halides is 1. The van der Waals surface area contributed by atoms with Crippen LogP contribution in [0.15, 0.2) is 42.5 Å². The predicted molar refractivity (Wildman–Crippen MR) is 70.1 cm³/mol. The highest BCUT2D eigenvalue weighted by molar-refractivity contribution is 6.30. The Hall–Kier alpha value is -1.12. The molecule has 2 aromatic carbocycles. The molecule has 0 amide bonds. The van der Waals surface area contributed by atoms with Gasteiger partial charge < -0.3 is 0 Å². The summed E-state index contributed by atoms with van der Waals surface area (Å²) < 4.78 is 26.1. The van der Waals surface area contributed by atoms with Crippen molar-refractivity contribution >= 4 is 23.2 Å². The van der Waals surface area contributed by atoms with Crippen molar-refractivity contribution in [2.45, 2.75) is 11.8 Å². The Morgan fingerprint density at radius 1 is 0.944 bits per heavy atom. The maximum Gasteiger partial charge on any atom is 0.126 e. The van der Waals surface area contributed by atoms with E-state index in [1.165, 1.54) is 12.1 Å². The Bertz CT molecular complexity index is 518. The molecule has 1 unspecified atom stereocenters. The zero-order valence-electron chi connectivity index (χ0n) is 9.34. The number of halogens is 4. The fraction of sp³-hybridized carbons (Fsp3) is 0.143. The second-order valence-electron chi connectivity index (χ2n) is 4.00. The van der Waals surface area contributed by atoms with E-state index in [1.54, 1.807) is 12.1 Å². The Labute approximate surface area is 114 Å². The van der Waals surface area contributed by atoms with Crippen molar-refractivity contribution in [2.75, 3.05) is 0 Å². The lowest BCUT2D eigenvalue weighted by Gasteiger charge is -2.10. The average Bonchev–Trinajstić information content (AvgIpc) is 2.31. The quantitative estimate of drug-likeness (QED) is 0.685. The third kappa shape index (κ3) is 3.44. The lowest BCUT2D eigenvalue weighted by molar-refractivity contribution is 0.579. The molecule has 0 N–H and O–H groups in total. The average molecular weight is 287 g/mol. The van der Waals surface area contributed by atoms with E-state index in [-0.39, 0.29) is 0 Å². The summed E-state index contributed by atoms with van der Waals surface area (Å²) in [6.07, 6.45) is 0.488. The normalized spacial score (nSPS) is 12.4. The van der Waals surface area contributed by atoms with Gasteiger partial charge in [0.15, 0.2) is 0 Å². The molecule has 0 saturated heterocycles. The summed E-state index contributed by atoms with van der Waals surface area (Å²) in [5.74, 6) is -1.24. The maximum absolute atomic E-state index is 13.1. The molecule has 2 rings (SSSR count). The molecule has 0 aliphatic rings. The van der Waals surface area contributed by atoms with E-state index in [0.29, 0.717) is 17.0 Å². The fourth-order valence-corrected chi connectivity index (χ4v) is 2.13. The largest absolute Gasteiger partial charge is 0.207 e. The highest BCUT2D eigenvalue weighted by atomic mass is 35.5. The summed E-state index contributed by atoms with van der Waals surface area (Å²) in [5, 5.41) is 0.165. The van der Waals surface area contributed by atoms with Crippen molar-refractivity contribution in [3.8, 4) is 0 Å². The van der Waals surface area contributed by atoms with E-state index in [4.69, 9.17) is 23.2 Å². The van der Waals surface area contributed by atoms with Crippen molar-refractivity contribution in [3.63, 3.8) is 0 Å². The van der Waals surface area contributed by atoms with E-state index in [9.17, 15) is 8.78 Å². The zero-order chi connectivity index (χ0) is 13.1. The van der Waals surface area contributed by atoms with Crippen LogP contribution in [0.5, 0.6) is 0 Å². The SMILES string of the molecule is Fc1cc(F)cc(C(Cl)Cc2ccc(Cl)cc2)c1. The summed E-state index contributed by atoms with van der Waals surface area (Å²) in [6.45, 7) is 0. The summed E-state index contributed by atoms with van der Waals surface area (Å²) in [4.78, 5) is 0. The zero-order valence-corrected chi connectivity index (χ0v) is 10.8. The standard InChI is InChI=1S/C14H10Cl2F2/c15-11-3-1-9(2-4-11)5-14(16)10-6-12(17)8-13(18)7-10/h1-4,6-8,14H,5H2. The molecule has 0 spiro atoms. The van der Waals surface area contributed by atoms with Crippen LogP contribution >= 0.6 is 23.2 Å². The first-order valence-corrected chi connectivity index (χ1v) is 6.20. The minimum absolute atomic E-state index is 0.434. The lowest BCUT2D eigenvalue weighted by atomic mass is 10.0. The molecular weight excluding hydrogens is 277 g/mol. The summed E-state index contributed by atoms with van der Waals surface area (Å²) in [7, 11) is 0. The van der Waals surface area contributed by atoms with Gasteiger partial charge in [-0.15, -0.1) is 11.6 Å². The highest BCUT2D eigenvalue weighted by Gasteiger charge is 2.11. The van der Waals surface area contributed by atoms with Crippen LogP contribution in [0.1, 0.15) is 16.5 Å². The topological polar surface area (TPSA) is 0 Å². The first-order valence-electron chi connectivity index (χ1n) is 5.39. The number of rotatable bonds is 3. The molecule has 0 heterocycles. The van der Waals surface area contributed by atoms with Gasteiger partial charge in [0, 0.05) is 11.1 Å². The molecule has 0 saturated carbocycles. The highest BCUT2D eigenvalue weighted by Crippen LogP contribution is 2.26.